The van der Waals surface area contributed by atoms with Crippen LogP contribution in [-0.2, 0) is 17.8 Å². The maximum Gasteiger partial charge on any atom is 0.261 e. The lowest BCUT2D eigenvalue weighted by Crippen LogP contribution is -2.24. The Kier molecular flexibility index (Phi) is 5.53. The van der Waals surface area contributed by atoms with Gasteiger partial charge in [-0.3, -0.25) is 9.78 Å². The molecular formula is C23H23N5O3. The molecule has 3 aromatic rings. The van der Waals surface area contributed by atoms with Gasteiger partial charge in [0, 0.05) is 54.6 Å². The first kappa shape index (κ1) is 20.3. The summed E-state index contributed by atoms with van der Waals surface area (Å²) in [6, 6.07) is 9.11. The summed E-state index contributed by atoms with van der Waals surface area (Å²) in [6.45, 7) is 4.33. The van der Waals surface area contributed by atoms with E-state index in [0.29, 0.717) is 18.0 Å². The number of carbonyl (C=O) groups is 1. The summed E-state index contributed by atoms with van der Waals surface area (Å²) in [5.41, 5.74) is 7.94. The van der Waals surface area contributed by atoms with Gasteiger partial charge in [0.05, 0.1) is 11.3 Å². The van der Waals surface area contributed by atoms with Crippen LogP contribution in [0, 0.1) is 0 Å². The second-order valence-corrected chi connectivity index (χ2v) is 7.75. The zero-order valence-corrected chi connectivity index (χ0v) is 17.3. The van der Waals surface area contributed by atoms with Crippen LogP contribution in [0.5, 0.6) is 11.5 Å². The van der Waals surface area contributed by atoms with E-state index < -0.39 is 5.91 Å². The third-order valence-corrected chi connectivity index (χ3v) is 4.75. The first-order valence-electron chi connectivity index (χ1n) is 9.83. The zero-order valence-electron chi connectivity index (χ0n) is 17.3. The van der Waals surface area contributed by atoms with Gasteiger partial charge in [0.15, 0.2) is 5.82 Å². The molecule has 3 heterocycles. The number of fused-ring (bicyclic) bond motifs is 1. The SMILES string of the molecule is CC1(C)Cc2cc(NC(=O)C(=CN)c3ncccn3)c(OCc3cccnc3)cc2O1. The molecule has 8 nitrogen and oxygen atoms in total. The Morgan fingerprint density at radius 2 is 2.06 bits per heavy atom. The van der Waals surface area contributed by atoms with Gasteiger partial charge in [0.2, 0.25) is 0 Å². The maximum atomic E-state index is 13.0. The smallest absolute Gasteiger partial charge is 0.261 e. The third-order valence-electron chi connectivity index (χ3n) is 4.75. The van der Waals surface area contributed by atoms with Crippen LogP contribution >= 0.6 is 0 Å². The topological polar surface area (TPSA) is 112 Å². The monoisotopic (exact) mass is 417 g/mol. The molecule has 158 valence electrons. The van der Waals surface area contributed by atoms with Crippen molar-refractivity contribution in [2.24, 2.45) is 5.73 Å². The zero-order chi connectivity index (χ0) is 21.8. The highest BCUT2D eigenvalue weighted by atomic mass is 16.5. The largest absolute Gasteiger partial charge is 0.487 e. The van der Waals surface area contributed by atoms with Crippen molar-refractivity contribution in [3.05, 3.63) is 78.3 Å². The second-order valence-electron chi connectivity index (χ2n) is 7.75. The summed E-state index contributed by atoms with van der Waals surface area (Å²) in [4.78, 5) is 25.3. The minimum absolute atomic E-state index is 0.163. The molecule has 0 saturated heterocycles. The van der Waals surface area contributed by atoms with Gasteiger partial charge in [-0.25, -0.2) is 9.97 Å². The average molecular weight is 417 g/mol. The molecule has 0 radical (unpaired) electrons. The highest BCUT2D eigenvalue weighted by molar-refractivity contribution is 6.24. The Labute approximate surface area is 180 Å². The second kappa shape index (κ2) is 8.43. The maximum absolute atomic E-state index is 13.0. The van der Waals surface area contributed by atoms with Gasteiger partial charge in [0.25, 0.3) is 5.91 Å². The van der Waals surface area contributed by atoms with Gasteiger partial charge in [-0.15, -0.1) is 0 Å². The van der Waals surface area contributed by atoms with Crippen LogP contribution in [0.25, 0.3) is 5.57 Å². The minimum atomic E-state index is -0.432. The molecule has 1 aliphatic rings. The van der Waals surface area contributed by atoms with Crippen molar-refractivity contribution in [1.29, 1.82) is 0 Å². The van der Waals surface area contributed by atoms with Crippen molar-refractivity contribution >= 4 is 17.2 Å². The number of nitrogens with one attached hydrogen (secondary N) is 1. The summed E-state index contributed by atoms with van der Waals surface area (Å²) in [5, 5.41) is 2.89. The summed E-state index contributed by atoms with van der Waals surface area (Å²) in [7, 11) is 0. The molecule has 1 amide bonds. The van der Waals surface area contributed by atoms with E-state index in [0.717, 1.165) is 23.3 Å². The summed E-state index contributed by atoms with van der Waals surface area (Å²) in [5.74, 6) is 1.04. The number of aromatic nitrogens is 3. The van der Waals surface area contributed by atoms with Crippen LogP contribution in [0.3, 0.4) is 0 Å². The van der Waals surface area contributed by atoms with Gasteiger partial charge in [-0.2, -0.15) is 0 Å². The molecule has 0 bridgehead atoms. The molecule has 0 atom stereocenters. The molecule has 1 aliphatic heterocycles. The van der Waals surface area contributed by atoms with Crippen LogP contribution in [0.1, 0.15) is 30.8 Å². The quantitative estimate of drug-likeness (QED) is 0.593. The summed E-state index contributed by atoms with van der Waals surface area (Å²) < 4.78 is 12.0. The molecule has 31 heavy (non-hydrogen) atoms. The van der Waals surface area contributed by atoms with E-state index in [1.54, 1.807) is 36.9 Å². The molecule has 2 aromatic heterocycles. The highest BCUT2D eigenvalue weighted by Crippen LogP contribution is 2.41. The number of amides is 1. The number of ether oxygens (including phenoxy) is 2. The highest BCUT2D eigenvalue weighted by Gasteiger charge is 2.31. The molecule has 8 heteroatoms. The van der Waals surface area contributed by atoms with Crippen molar-refractivity contribution < 1.29 is 14.3 Å². The predicted octanol–water partition coefficient (Wildman–Crippen LogP) is 3.10. The first-order valence-corrected chi connectivity index (χ1v) is 9.83. The lowest BCUT2D eigenvalue weighted by atomic mass is 10.0. The Hall–Kier alpha value is -3.94. The molecule has 0 spiro atoms. The van der Waals surface area contributed by atoms with Crippen molar-refractivity contribution in [2.45, 2.75) is 32.5 Å². The van der Waals surface area contributed by atoms with Gasteiger partial charge in [-0.05, 0) is 32.0 Å². The average Bonchev–Trinajstić information content (AvgIpc) is 3.06. The van der Waals surface area contributed by atoms with E-state index >= 15 is 0 Å². The predicted molar refractivity (Wildman–Crippen MR) is 116 cm³/mol. The van der Waals surface area contributed by atoms with Crippen molar-refractivity contribution in [3.8, 4) is 11.5 Å². The molecular weight excluding hydrogens is 394 g/mol. The third kappa shape index (κ3) is 4.63. The Bertz CT molecular complexity index is 1110. The van der Waals surface area contributed by atoms with E-state index in [-0.39, 0.29) is 17.0 Å². The van der Waals surface area contributed by atoms with Gasteiger partial charge < -0.3 is 20.5 Å². The lowest BCUT2D eigenvalue weighted by molar-refractivity contribution is -0.111. The van der Waals surface area contributed by atoms with Crippen LogP contribution < -0.4 is 20.5 Å². The first-order chi connectivity index (χ1) is 14.9. The Morgan fingerprint density at radius 3 is 2.77 bits per heavy atom. The molecule has 1 aromatic carbocycles. The van der Waals surface area contributed by atoms with E-state index in [1.807, 2.05) is 32.0 Å². The van der Waals surface area contributed by atoms with Crippen molar-refractivity contribution in [1.82, 2.24) is 15.0 Å². The van der Waals surface area contributed by atoms with Crippen LogP contribution in [0.2, 0.25) is 0 Å². The fraction of sp³-hybridized carbons (Fsp3) is 0.217. The molecule has 0 saturated carbocycles. The van der Waals surface area contributed by atoms with Crippen LogP contribution in [0.15, 0.2) is 61.3 Å². The standard InChI is InChI=1S/C23H23N5O3/c1-23(2)11-16-9-18(28-22(29)17(12-24)21-26-7-4-8-27-21)20(10-19(16)31-23)30-14-15-5-3-6-25-13-15/h3-10,12-13H,11,14,24H2,1-2H3,(H,28,29). The number of hydrogen-bond donors (Lipinski definition) is 2. The number of rotatable bonds is 6. The number of benzene rings is 1. The number of nitrogens with zero attached hydrogens (tertiary/aromatic N) is 3. The molecule has 3 N–H and O–H groups in total. The number of pyridine rings is 1. The Morgan fingerprint density at radius 1 is 1.26 bits per heavy atom. The van der Waals surface area contributed by atoms with Gasteiger partial charge in [0.1, 0.15) is 23.7 Å². The number of hydrogen-bond acceptors (Lipinski definition) is 7. The summed E-state index contributed by atoms with van der Waals surface area (Å²) in [6.07, 6.45) is 8.45. The van der Waals surface area contributed by atoms with Crippen molar-refractivity contribution in [2.75, 3.05) is 5.32 Å². The van der Waals surface area contributed by atoms with Gasteiger partial charge >= 0.3 is 0 Å². The van der Waals surface area contributed by atoms with E-state index in [2.05, 4.69) is 20.3 Å². The van der Waals surface area contributed by atoms with Crippen molar-refractivity contribution in [3.63, 3.8) is 0 Å². The number of nitrogens with two attached hydrogens (primary N) is 1. The van der Waals surface area contributed by atoms with E-state index in [1.165, 1.54) is 6.20 Å². The molecule has 0 fully saturated rings. The van der Waals surface area contributed by atoms with E-state index in [4.69, 9.17) is 15.2 Å². The van der Waals surface area contributed by atoms with Gasteiger partial charge in [-0.1, -0.05) is 6.07 Å². The van der Waals surface area contributed by atoms with Crippen LogP contribution in [0.4, 0.5) is 5.69 Å². The number of anilines is 1. The fourth-order valence-corrected chi connectivity index (χ4v) is 3.37. The Balaban J connectivity index is 1.63. The normalized spacial score (nSPS) is 14.5. The minimum Gasteiger partial charge on any atom is -0.487 e. The fourth-order valence-electron chi connectivity index (χ4n) is 3.37. The van der Waals surface area contributed by atoms with Crippen LogP contribution in [-0.4, -0.2) is 26.5 Å². The lowest BCUT2D eigenvalue weighted by Gasteiger charge is -2.17. The molecule has 4 rings (SSSR count). The molecule has 0 unspecified atom stereocenters. The van der Waals surface area contributed by atoms with E-state index in [9.17, 15) is 4.79 Å². The molecule has 0 aliphatic carbocycles. The summed E-state index contributed by atoms with van der Waals surface area (Å²) >= 11 is 0. The number of carbonyl (C=O) groups excluding carboxylic acids is 1.